The van der Waals surface area contributed by atoms with Crippen molar-refractivity contribution in [1.82, 2.24) is 4.98 Å². The number of halogens is 1. The Morgan fingerprint density at radius 2 is 1.85 bits per heavy atom. The summed E-state index contributed by atoms with van der Waals surface area (Å²) in [6.07, 6.45) is 1.84. The van der Waals surface area contributed by atoms with Crippen molar-refractivity contribution in [2.24, 2.45) is 0 Å². The molecule has 3 rings (SSSR count). The molecule has 0 saturated carbocycles. The van der Waals surface area contributed by atoms with Gasteiger partial charge in [-0.15, -0.1) is 0 Å². The molecule has 20 heavy (non-hydrogen) atoms. The molecule has 5 heteroatoms. The first-order valence-corrected chi connectivity index (χ1v) is 5.97. The number of ether oxygens (including phenoxy) is 1. The molecular weight excluding hydrogens is 276 g/mol. The molecule has 1 aromatic heterocycles. The Morgan fingerprint density at radius 3 is 2.55 bits per heavy atom. The zero-order chi connectivity index (χ0) is 13.2. The van der Waals surface area contributed by atoms with Gasteiger partial charge in [-0.3, -0.25) is 0 Å². The highest BCUT2D eigenvalue weighted by atomic mass is 35.5. The molecule has 0 radical (unpaired) electrons. The summed E-state index contributed by atoms with van der Waals surface area (Å²) < 4.78 is 6.79. The van der Waals surface area contributed by atoms with E-state index in [-0.39, 0.29) is 18.4 Å². The minimum absolute atomic E-state index is 0. The Labute approximate surface area is 122 Å². The second-order valence-electron chi connectivity index (χ2n) is 4.17. The fourth-order valence-corrected chi connectivity index (χ4v) is 2.17. The third-order valence-corrected chi connectivity index (χ3v) is 3.08. The Bertz CT molecular complexity index is 738. The van der Waals surface area contributed by atoms with Crippen LogP contribution in [0.25, 0.3) is 16.7 Å². The predicted octanol–water partition coefficient (Wildman–Crippen LogP) is -0.765. The minimum Gasteiger partial charge on any atom is -1.00 e. The van der Waals surface area contributed by atoms with Crippen LogP contribution in [0.1, 0.15) is 10.4 Å². The van der Waals surface area contributed by atoms with Crippen LogP contribution in [-0.4, -0.2) is 18.1 Å². The number of fused-ring (bicyclic) bond motifs is 1. The van der Waals surface area contributed by atoms with E-state index >= 15 is 0 Å². The number of rotatable bonds is 2. The van der Waals surface area contributed by atoms with Crippen LogP contribution in [-0.2, 0) is 4.74 Å². The normalized spacial score (nSPS) is 10.1. The highest BCUT2D eigenvalue weighted by Crippen LogP contribution is 2.16. The number of nitrogens with one attached hydrogen (secondary N) is 1. The Hall–Kier alpha value is -2.33. The largest absolute Gasteiger partial charge is 1.00 e. The molecule has 4 nitrogen and oxygen atoms in total. The first kappa shape index (κ1) is 14.1. The highest BCUT2D eigenvalue weighted by Gasteiger charge is 2.19. The highest BCUT2D eigenvalue weighted by molar-refractivity contribution is 6.01. The van der Waals surface area contributed by atoms with Crippen LogP contribution >= 0.6 is 0 Å². The Balaban J connectivity index is 0.00000147. The van der Waals surface area contributed by atoms with Crippen molar-refractivity contribution < 1.29 is 26.5 Å². The van der Waals surface area contributed by atoms with Crippen LogP contribution in [0.2, 0.25) is 0 Å². The number of benzene rings is 2. The number of imidazole rings is 1. The number of hydrogen-bond acceptors (Lipinski definition) is 2. The average Bonchev–Trinajstić information content (AvgIpc) is 2.91. The maximum atomic E-state index is 11.7. The number of H-pyrrole nitrogens is 1. The molecule has 102 valence electrons. The second kappa shape index (κ2) is 5.75. The monoisotopic (exact) mass is 288 g/mol. The molecule has 0 unspecified atom stereocenters. The molecule has 0 aliphatic rings. The van der Waals surface area contributed by atoms with Gasteiger partial charge in [-0.25, -0.2) is 9.78 Å². The molecule has 0 bridgehead atoms. The molecule has 0 amide bonds. The van der Waals surface area contributed by atoms with E-state index in [0.29, 0.717) is 5.56 Å². The number of nitrogens with zero attached hydrogens (tertiary/aromatic N) is 1. The maximum Gasteiger partial charge on any atom is 0.342 e. The van der Waals surface area contributed by atoms with Crippen molar-refractivity contribution >= 4 is 17.0 Å². The number of para-hydroxylation sites is 2. The standard InChI is InChI=1S/C15H12N2O2.ClH/c1-19-15(18)12-8-5-9-13-14(12)16-10-17(13)11-6-3-2-4-7-11;/h2-10H,1H3;1H. The summed E-state index contributed by atoms with van der Waals surface area (Å²) in [6, 6.07) is 15.5. The van der Waals surface area contributed by atoms with Crippen LogP contribution in [0.5, 0.6) is 0 Å². The predicted molar refractivity (Wildman–Crippen MR) is 71.2 cm³/mol. The van der Waals surface area contributed by atoms with Gasteiger partial charge in [-0.05, 0) is 24.3 Å². The molecule has 0 aliphatic heterocycles. The van der Waals surface area contributed by atoms with E-state index in [4.69, 9.17) is 4.74 Å². The molecule has 1 heterocycles. The first-order valence-electron chi connectivity index (χ1n) is 5.97. The minimum atomic E-state index is -0.340. The van der Waals surface area contributed by atoms with Gasteiger partial charge in [0, 0.05) is 0 Å². The van der Waals surface area contributed by atoms with Gasteiger partial charge in [0.25, 0.3) is 0 Å². The van der Waals surface area contributed by atoms with E-state index in [1.165, 1.54) is 7.11 Å². The van der Waals surface area contributed by atoms with E-state index in [1.807, 2.05) is 53.4 Å². The topological polar surface area (TPSA) is 46.0 Å². The summed E-state index contributed by atoms with van der Waals surface area (Å²) in [7, 11) is 1.38. The Kier molecular flexibility index (Phi) is 4.05. The number of carbonyl (C=O) groups excluding carboxylic acids is 1. The molecule has 1 N–H and O–H groups in total. The lowest BCUT2D eigenvalue weighted by Gasteiger charge is -1.99. The lowest BCUT2D eigenvalue weighted by atomic mass is 10.2. The molecular formula is C15H13ClN2O2. The molecule has 2 aromatic carbocycles. The van der Waals surface area contributed by atoms with E-state index in [0.717, 1.165) is 16.7 Å². The number of aromatic amines is 1. The smallest absolute Gasteiger partial charge is 0.342 e. The molecule has 0 saturated heterocycles. The summed E-state index contributed by atoms with van der Waals surface area (Å²) in [5, 5.41) is 0. The molecule has 3 aromatic rings. The lowest BCUT2D eigenvalue weighted by molar-refractivity contribution is -0.567. The number of methoxy groups -OCH3 is 1. The third-order valence-electron chi connectivity index (χ3n) is 3.08. The van der Waals surface area contributed by atoms with Gasteiger partial charge in [-0.2, -0.15) is 4.57 Å². The summed E-state index contributed by atoms with van der Waals surface area (Å²) in [5.74, 6) is -0.340. The van der Waals surface area contributed by atoms with Crippen molar-refractivity contribution in [3.63, 3.8) is 0 Å². The van der Waals surface area contributed by atoms with Crippen LogP contribution in [0.15, 0.2) is 54.9 Å². The summed E-state index contributed by atoms with van der Waals surface area (Å²) in [5.41, 5.74) is 3.29. The van der Waals surface area contributed by atoms with Gasteiger partial charge in [0.05, 0.1) is 7.11 Å². The van der Waals surface area contributed by atoms with Crippen molar-refractivity contribution in [2.45, 2.75) is 0 Å². The molecule has 0 aliphatic carbocycles. The van der Waals surface area contributed by atoms with Gasteiger partial charge in [0.1, 0.15) is 11.3 Å². The van der Waals surface area contributed by atoms with E-state index in [1.54, 1.807) is 6.07 Å². The van der Waals surface area contributed by atoms with Crippen LogP contribution in [0.3, 0.4) is 0 Å². The number of hydrogen-bond donors (Lipinski definition) is 1. The summed E-state index contributed by atoms with van der Waals surface area (Å²) >= 11 is 0. The van der Waals surface area contributed by atoms with Crippen molar-refractivity contribution in [3.8, 4) is 5.69 Å². The van der Waals surface area contributed by atoms with Gasteiger partial charge < -0.3 is 17.1 Å². The molecule has 0 fully saturated rings. The zero-order valence-electron chi connectivity index (χ0n) is 10.8. The number of esters is 1. The third kappa shape index (κ3) is 2.26. The van der Waals surface area contributed by atoms with E-state index in [9.17, 15) is 4.79 Å². The zero-order valence-corrected chi connectivity index (χ0v) is 11.6. The lowest BCUT2D eigenvalue weighted by Crippen LogP contribution is -3.00. The van der Waals surface area contributed by atoms with Gasteiger partial charge >= 0.3 is 5.97 Å². The number of carbonyl (C=O) groups is 1. The molecule has 0 spiro atoms. The molecule has 0 atom stereocenters. The summed E-state index contributed by atoms with van der Waals surface area (Å²) in [4.78, 5) is 14.9. The fraction of sp³-hybridized carbons (Fsp3) is 0.0667. The fourth-order valence-electron chi connectivity index (χ4n) is 2.17. The van der Waals surface area contributed by atoms with Crippen molar-refractivity contribution in [3.05, 3.63) is 60.4 Å². The maximum absolute atomic E-state index is 11.7. The van der Waals surface area contributed by atoms with Crippen molar-refractivity contribution in [1.29, 1.82) is 0 Å². The summed E-state index contributed by atoms with van der Waals surface area (Å²) in [6.45, 7) is 0. The van der Waals surface area contributed by atoms with E-state index < -0.39 is 0 Å². The van der Waals surface area contributed by atoms with Gasteiger partial charge in [-0.1, -0.05) is 24.3 Å². The van der Waals surface area contributed by atoms with Crippen LogP contribution in [0.4, 0.5) is 0 Å². The van der Waals surface area contributed by atoms with Crippen LogP contribution < -0.4 is 17.0 Å². The second-order valence-corrected chi connectivity index (χ2v) is 4.17. The van der Waals surface area contributed by atoms with Crippen LogP contribution in [0, 0.1) is 0 Å². The SMILES string of the molecule is COC(=O)c1cccc2c1[nH]c[n+]2-c1ccccc1.[Cl-]. The van der Waals surface area contributed by atoms with Gasteiger partial charge in [0.2, 0.25) is 6.33 Å². The quantitative estimate of drug-likeness (QED) is 0.497. The van der Waals surface area contributed by atoms with E-state index in [2.05, 4.69) is 4.98 Å². The van der Waals surface area contributed by atoms with Gasteiger partial charge in [0.15, 0.2) is 11.0 Å². The van der Waals surface area contributed by atoms with Crippen molar-refractivity contribution in [2.75, 3.05) is 7.11 Å². The average molecular weight is 289 g/mol. The Morgan fingerprint density at radius 1 is 1.10 bits per heavy atom. The number of aromatic nitrogens is 2. The first-order chi connectivity index (χ1) is 9.31.